The minimum absolute atomic E-state index is 0.246. The molecule has 0 aromatic heterocycles. The van der Waals surface area contributed by atoms with Crippen LogP contribution >= 0.6 is 11.8 Å². The summed E-state index contributed by atoms with van der Waals surface area (Å²) < 4.78 is 26.5. The number of hydrogen-bond donors (Lipinski definition) is 1. The van der Waals surface area contributed by atoms with E-state index in [1.165, 1.54) is 12.8 Å². The molecule has 1 aliphatic carbocycles. The molecule has 1 aliphatic heterocycles. The Balaban J connectivity index is 1.94. The fourth-order valence-corrected chi connectivity index (χ4v) is 4.00. The highest BCUT2D eigenvalue weighted by Crippen LogP contribution is 2.47. The second-order valence-electron chi connectivity index (χ2n) is 4.65. The first-order valence-electron chi connectivity index (χ1n) is 5.78. The first kappa shape index (κ1) is 12.0. The van der Waals surface area contributed by atoms with E-state index in [4.69, 9.17) is 0 Å². The van der Waals surface area contributed by atoms with Gasteiger partial charge in [0.1, 0.15) is 5.84 Å². The van der Waals surface area contributed by atoms with Gasteiger partial charge in [-0.3, -0.25) is 9.71 Å². The summed E-state index contributed by atoms with van der Waals surface area (Å²) in [5, 5.41) is 0. The van der Waals surface area contributed by atoms with E-state index in [1.54, 1.807) is 18.2 Å². The van der Waals surface area contributed by atoms with Gasteiger partial charge in [0, 0.05) is 10.3 Å². The van der Waals surface area contributed by atoms with Crippen molar-refractivity contribution in [2.45, 2.75) is 22.5 Å². The molecular weight excluding hydrogens is 268 g/mol. The summed E-state index contributed by atoms with van der Waals surface area (Å²) in [5.74, 6) is 0.492. The lowest BCUT2D eigenvalue weighted by molar-refractivity contribution is 0.595. The lowest BCUT2D eigenvalue weighted by Gasteiger charge is -2.08. The van der Waals surface area contributed by atoms with Crippen LogP contribution in [-0.4, -0.2) is 31.8 Å². The van der Waals surface area contributed by atoms with E-state index in [0.29, 0.717) is 22.8 Å². The Morgan fingerprint density at radius 1 is 1.39 bits per heavy atom. The summed E-state index contributed by atoms with van der Waals surface area (Å²) in [7, 11) is -3.40. The molecule has 0 radical (unpaired) electrons. The Hall–Kier alpha value is -1.01. The number of fused-ring (bicyclic) bond motifs is 1. The third kappa shape index (κ3) is 1.93. The van der Waals surface area contributed by atoms with Crippen molar-refractivity contribution in [1.29, 1.82) is 0 Å². The summed E-state index contributed by atoms with van der Waals surface area (Å²) in [6.07, 6.45) is 4.42. The second kappa shape index (κ2) is 3.99. The van der Waals surface area contributed by atoms with E-state index < -0.39 is 10.0 Å². The Bertz CT molecular complexity index is 619. The predicted molar refractivity (Wildman–Crippen MR) is 73.6 cm³/mol. The summed E-state index contributed by atoms with van der Waals surface area (Å²) >= 11 is 1.82. The van der Waals surface area contributed by atoms with Crippen molar-refractivity contribution in [3.63, 3.8) is 0 Å². The lowest BCUT2D eigenvalue weighted by Crippen LogP contribution is -2.23. The molecule has 1 saturated carbocycles. The molecule has 1 N–H and O–H groups in total. The molecule has 18 heavy (non-hydrogen) atoms. The van der Waals surface area contributed by atoms with E-state index in [0.717, 1.165) is 0 Å². The smallest absolute Gasteiger partial charge is 0.263 e. The highest BCUT2D eigenvalue weighted by atomic mass is 32.2. The fraction of sp³-hybridized carbons (Fsp3) is 0.417. The molecule has 6 heteroatoms. The van der Waals surface area contributed by atoms with Gasteiger partial charge in [0.2, 0.25) is 0 Å². The molecule has 0 unspecified atom stereocenters. The maximum atomic E-state index is 11.9. The van der Waals surface area contributed by atoms with Gasteiger partial charge in [-0.25, -0.2) is 8.42 Å². The second-order valence-corrected chi connectivity index (χ2v) is 7.58. The zero-order valence-corrected chi connectivity index (χ0v) is 11.6. The minimum atomic E-state index is -3.40. The van der Waals surface area contributed by atoms with E-state index >= 15 is 0 Å². The molecule has 0 spiro atoms. The molecule has 0 amide bonds. The zero-order valence-electron chi connectivity index (χ0n) is 10.0. The summed E-state index contributed by atoms with van der Waals surface area (Å²) in [5.41, 5.74) is 0.689. The molecule has 1 fully saturated rings. The Labute approximate surface area is 111 Å². The van der Waals surface area contributed by atoms with Gasteiger partial charge < -0.3 is 0 Å². The monoisotopic (exact) mass is 282 g/mol. The zero-order chi connectivity index (χ0) is 12.8. The number of amidine groups is 1. The van der Waals surface area contributed by atoms with Gasteiger partial charge in [0.25, 0.3) is 10.0 Å². The van der Waals surface area contributed by atoms with Crippen LogP contribution in [0.25, 0.3) is 0 Å². The number of hydrogen-bond acceptors (Lipinski definition) is 4. The highest BCUT2D eigenvalue weighted by Gasteiger charge is 2.42. The molecule has 2 aliphatic rings. The van der Waals surface area contributed by atoms with Crippen LogP contribution in [0.3, 0.4) is 0 Å². The van der Waals surface area contributed by atoms with Crippen LogP contribution in [0.15, 0.2) is 34.2 Å². The highest BCUT2D eigenvalue weighted by molar-refractivity contribution is 8.00. The Kier molecular flexibility index (Phi) is 2.67. The van der Waals surface area contributed by atoms with Gasteiger partial charge >= 0.3 is 0 Å². The minimum Gasteiger partial charge on any atom is -0.266 e. The predicted octanol–water partition coefficient (Wildman–Crippen LogP) is 1.62. The average Bonchev–Trinajstić information content (AvgIpc) is 3.10. The molecular formula is C12H14N2O2S2. The SMILES string of the molecule is CSC1(CN=C2NS(=O)(=O)c3ccccc32)CC1. The number of thioether (sulfide) groups is 1. The maximum absolute atomic E-state index is 11.9. The van der Waals surface area contributed by atoms with Crippen LogP contribution in [0.4, 0.5) is 0 Å². The average molecular weight is 282 g/mol. The van der Waals surface area contributed by atoms with Gasteiger partial charge in [-0.05, 0) is 31.2 Å². The van der Waals surface area contributed by atoms with Crippen molar-refractivity contribution < 1.29 is 8.42 Å². The molecule has 1 aromatic rings. The first-order valence-corrected chi connectivity index (χ1v) is 8.49. The normalized spacial score (nSPS) is 24.6. The van der Waals surface area contributed by atoms with E-state index in [-0.39, 0.29) is 4.75 Å². The van der Waals surface area contributed by atoms with Crippen LogP contribution in [0, 0.1) is 0 Å². The standard InChI is InChI=1S/C12H14N2O2S2/c1-17-12(6-7-12)8-13-11-9-4-2-3-5-10(9)18(15,16)14-11/h2-5H,6-8H2,1H3,(H,13,14). The molecule has 96 valence electrons. The summed E-state index contributed by atoms with van der Waals surface area (Å²) in [6.45, 7) is 0.681. The number of nitrogens with one attached hydrogen (secondary N) is 1. The van der Waals surface area contributed by atoms with Gasteiger partial charge in [0.15, 0.2) is 0 Å². The lowest BCUT2D eigenvalue weighted by atomic mass is 10.2. The summed E-state index contributed by atoms with van der Waals surface area (Å²) in [6, 6.07) is 6.97. The molecule has 4 nitrogen and oxygen atoms in total. The van der Waals surface area contributed by atoms with Crippen LogP contribution in [0.2, 0.25) is 0 Å². The van der Waals surface area contributed by atoms with Crippen molar-refractivity contribution in [3.05, 3.63) is 29.8 Å². The molecule has 0 bridgehead atoms. The maximum Gasteiger partial charge on any atom is 0.263 e. The largest absolute Gasteiger partial charge is 0.266 e. The van der Waals surface area contributed by atoms with E-state index in [9.17, 15) is 8.42 Å². The van der Waals surface area contributed by atoms with Crippen molar-refractivity contribution in [2.24, 2.45) is 4.99 Å². The van der Waals surface area contributed by atoms with Gasteiger partial charge in [0.05, 0.1) is 11.4 Å². The van der Waals surface area contributed by atoms with Gasteiger partial charge in [-0.15, -0.1) is 0 Å². The molecule has 1 aromatic carbocycles. The number of nitrogens with zero attached hydrogens (tertiary/aromatic N) is 1. The van der Waals surface area contributed by atoms with Crippen LogP contribution in [0.1, 0.15) is 18.4 Å². The third-order valence-electron chi connectivity index (χ3n) is 3.43. The number of sulfonamides is 1. The van der Waals surface area contributed by atoms with Crippen molar-refractivity contribution >= 4 is 27.6 Å². The molecule has 0 atom stereocenters. The molecule has 0 saturated heterocycles. The van der Waals surface area contributed by atoms with Crippen molar-refractivity contribution in [2.75, 3.05) is 12.8 Å². The van der Waals surface area contributed by atoms with E-state index in [1.807, 2.05) is 17.8 Å². The fourth-order valence-electron chi connectivity index (χ4n) is 2.04. The number of benzene rings is 1. The van der Waals surface area contributed by atoms with Gasteiger partial charge in [-0.1, -0.05) is 12.1 Å². The third-order valence-corrected chi connectivity index (χ3v) is 6.23. The quantitative estimate of drug-likeness (QED) is 0.916. The topological polar surface area (TPSA) is 58.5 Å². The van der Waals surface area contributed by atoms with Crippen molar-refractivity contribution in [3.8, 4) is 0 Å². The van der Waals surface area contributed by atoms with Crippen LogP contribution in [-0.2, 0) is 10.0 Å². The summed E-state index contributed by atoms with van der Waals surface area (Å²) in [4.78, 5) is 4.80. The van der Waals surface area contributed by atoms with Crippen molar-refractivity contribution in [1.82, 2.24) is 4.72 Å². The van der Waals surface area contributed by atoms with Crippen LogP contribution in [0.5, 0.6) is 0 Å². The number of aliphatic imine (C=N–C) groups is 1. The van der Waals surface area contributed by atoms with Gasteiger partial charge in [-0.2, -0.15) is 11.8 Å². The molecule has 3 rings (SSSR count). The Morgan fingerprint density at radius 2 is 2.11 bits per heavy atom. The first-order chi connectivity index (χ1) is 8.56. The molecule has 1 heterocycles. The van der Waals surface area contributed by atoms with Crippen LogP contribution < -0.4 is 4.72 Å². The Morgan fingerprint density at radius 3 is 2.78 bits per heavy atom. The van der Waals surface area contributed by atoms with E-state index in [2.05, 4.69) is 16.0 Å². The number of rotatable bonds is 3.